The number of benzene rings is 7. The summed E-state index contributed by atoms with van der Waals surface area (Å²) in [5, 5.41) is 6.30. The molecule has 0 atom stereocenters. The van der Waals surface area contributed by atoms with Crippen molar-refractivity contribution >= 4 is 81.4 Å². The van der Waals surface area contributed by atoms with Crippen LogP contribution in [-0.2, 0) is 0 Å². The maximum atomic E-state index is 2.47. The Morgan fingerprint density at radius 1 is 0.417 bits per heavy atom. The van der Waals surface area contributed by atoms with E-state index in [4.69, 9.17) is 0 Å². The molecular weight excluding hydrogens is 603 g/mol. The lowest BCUT2D eigenvalue weighted by Gasteiger charge is -2.27. The Morgan fingerprint density at radius 2 is 1.02 bits per heavy atom. The fourth-order valence-corrected chi connectivity index (χ4v) is 8.57. The van der Waals surface area contributed by atoms with Crippen LogP contribution in [0.15, 0.2) is 176 Å². The molecule has 0 saturated heterocycles. The molecule has 3 heterocycles. The lowest BCUT2D eigenvalue weighted by molar-refractivity contribution is 1.06. The molecule has 4 heteroatoms. The summed E-state index contributed by atoms with van der Waals surface area (Å²) >= 11 is 1.86. The third-order valence-electron chi connectivity index (χ3n) is 9.47. The maximum Gasteiger partial charge on any atom is 0.131 e. The van der Waals surface area contributed by atoms with Gasteiger partial charge in [0, 0.05) is 59.1 Å². The summed E-state index contributed by atoms with van der Waals surface area (Å²) in [5.74, 6) is 0. The van der Waals surface area contributed by atoms with Gasteiger partial charge in [0.1, 0.15) is 5.65 Å². The quantitative estimate of drug-likeness (QED) is 0.184. The van der Waals surface area contributed by atoms with E-state index in [0.717, 1.165) is 34.1 Å². The lowest BCUT2D eigenvalue weighted by Crippen LogP contribution is -2.12. The van der Waals surface area contributed by atoms with Crippen molar-refractivity contribution in [2.24, 2.45) is 0 Å². The summed E-state index contributed by atoms with van der Waals surface area (Å²) < 4.78 is 7.51. The van der Waals surface area contributed by atoms with Gasteiger partial charge in [-0.2, -0.15) is 0 Å². The Labute approximate surface area is 281 Å². The van der Waals surface area contributed by atoms with Crippen molar-refractivity contribution in [3.05, 3.63) is 176 Å². The smallest absolute Gasteiger partial charge is 0.131 e. The van der Waals surface area contributed by atoms with E-state index in [2.05, 4.69) is 190 Å². The van der Waals surface area contributed by atoms with Crippen molar-refractivity contribution in [2.75, 3.05) is 4.90 Å². The van der Waals surface area contributed by atoms with Crippen molar-refractivity contribution in [2.45, 2.75) is 0 Å². The topological polar surface area (TPSA) is 13.1 Å². The zero-order chi connectivity index (χ0) is 31.6. The first-order chi connectivity index (χ1) is 23.8. The largest absolute Gasteiger partial charge is 0.308 e. The predicted molar refractivity (Wildman–Crippen MR) is 205 cm³/mol. The van der Waals surface area contributed by atoms with Gasteiger partial charge < -0.3 is 4.90 Å². The fourth-order valence-electron chi connectivity index (χ4n) is 7.48. The summed E-state index contributed by atoms with van der Waals surface area (Å²) in [5.41, 5.74) is 9.15. The third-order valence-corrected chi connectivity index (χ3v) is 10.6. The summed E-state index contributed by atoms with van der Waals surface area (Å²) in [4.78, 5) is 2.43. The Bertz CT molecular complexity index is 2770. The van der Waals surface area contributed by atoms with Crippen molar-refractivity contribution < 1.29 is 0 Å². The van der Waals surface area contributed by atoms with Gasteiger partial charge in [0.25, 0.3) is 0 Å². The summed E-state index contributed by atoms with van der Waals surface area (Å²) in [6.07, 6.45) is 0. The zero-order valence-corrected chi connectivity index (χ0v) is 26.8. The molecule has 0 fully saturated rings. The minimum Gasteiger partial charge on any atom is -0.308 e. The van der Waals surface area contributed by atoms with Crippen LogP contribution in [0.4, 0.5) is 17.1 Å². The van der Waals surface area contributed by atoms with Crippen LogP contribution >= 0.6 is 11.3 Å². The molecule has 3 nitrogen and oxygen atoms in total. The van der Waals surface area contributed by atoms with E-state index in [1.54, 1.807) is 0 Å². The molecule has 0 unspecified atom stereocenters. The average molecular weight is 632 g/mol. The molecule has 0 amide bonds. The molecule has 0 aliphatic carbocycles. The number of fused-ring (bicyclic) bond motifs is 8. The molecular formula is C44H29N3S. The van der Waals surface area contributed by atoms with Crippen LogP contribution < -0.4 is 4.90 Å². The molecule has 0 spiro atoms. The SMILES string of the molecule is c1ccc(N(c2ccc3sc4ccccc4c3c2)c2cccc3c4c5ccccc5n(-c5ccccc5)c4n(-c4ccccc4)c23)cc1. The standard InChI is InChI=1S/C44H29N3S/c1-4-15-30(16-5-1)45(33-27-28-41-37(29-33)34-21-11-13-26-40(34)48-41)39-25-14-23-36-42-35-22-10-12-24-38(35)46(31-17-6-2-7-18-31)44(42)47(43(36)39)32-19-8-3-9-20-32/h1-29H. The Hall–Kier alpha value is -6.10. The Balaban J connectivity index is 1.37. The number of thiophene rings is 1. The van der Waals surface area contributed by atoms with Crippen LogP contribution in [0.3, 0.4) is 0 Å². The second-order valence-corrected chi connectivity index (χ2v) is 13.3. The second-order valence-electron chi connectivity index (χ2n) is 12.2. The van der Waals surface area contributed by atoms with Crippen LogP contribution in [0.25, 0.3) is 64.4 Å². The number of nitrogens with zero attached hydrogens (tertiary/aromatic N) is 3. The highest BCUT2D eigenvalue weighted by molar-refractivity contribution is 7.25. The van der Waals surface area contributed by atoms with E-state index in [-0.39, 0.29) is 0 Å². The van der Waals surface area contributed by atoms with Gasteiger partial charge >= 0.3 is 0 Å². The van der Waals surface area contributed by atoms with Gasteiger partial charge in [-0.15, -0.1) is 11.3 Å². The zero-order valence-electron chi connectivity index (χ0n) is 26.0. The first-order valence-electron chi connectivity index (χ1n) is 16.3. The highest BCUT2D eigenvalue weighted by Gasteiger charge is 2.26. The maximum absolute atomic E-state index is 2.47. The first-order valence-corrected chi connectivity index (χ1v) is 17.1. The highest BCUT2D eigenvalue weighted by atomic mass is 32.1. The molecule has 0 saturated carbocycles. The van der Waals surface area contributed by atoms with Crippen molar-refractivity contribution in [1.82, 2.24) is 9.13 Å². The van der Waals surface area contributed by atoms with Gasteiger partial charge in [-0.3, -0.25) is 9.13 Å². The molecule has 3 aromatic heterocycles. The van der Waals surface area contributed by atoms with Gasteiger partial charge in [0.15, 0.2) is 0 Å². The van der Waals surface area contributed by atoms with Crippen LogP contribution in [0.5, 0.6) is 0 Å². The summed E-state index contributed by atoms with van der Waals surface area (Å²) in [6.45, 7) is 0. The van der Waals surface area contributed by atoms with Gasteiger partial charge in [0.05, 0.1) is 16.7 Å². The molecule has 0 aliphatic rings. The number of anilines is 3. The summed E-state index contributed by atoms with van der Waals surface area (Å²) in [7, 11) is 0. The molecule has 10 rings (SSSR count). The van der Waals surface area contributed by atoms with E-state index in [0.29, 0.717) is 0 Å². The van der Waals surface area contributed by atoms with E-state index < -0.39 is 0 Å². The van der Waals surface area contributed by atoms with Crippen molar-refractivity contribution in [3.63, 3.8) is 0 Å². The van der Waals surface area contributed by atoms with E-state index in [1.807, 2.05) is 11.3 Å². The van der Waals surface area contributed by atoms with Crippen molar-refractivity contribution in [1.29, 1.82) is 0 Å². The first kappa shape index (κ1) is 27.1. The van der Waals surface area contributed by atoms with Crippen LogP contribution in [0.1, 0.15) is 0 Å². The van der Waals surface area contributed by atoms with Crippen LogP contribution in [-0.4, -0.2) is 9.13 Å². The number of para-hydroxylation sites is 5. The highest BCUT2D eigenvalue weighted by Crippen LogP contribution is 2.47. The number of hydrogen-bond acceptors (Lipinski definition) is 2. The monoisotopic (exact) mass is 631 g/mol. The molecule has 48 heavy (non-hydrogen) atoms. The fraction of sp³-hybridized carbons (Fsp3) is 0. The van der Waals surface area contributed by atoms with Gasteiger partial charge in [-0.1, -0.05) is 103 Å². The van der Waals surface area contributed by atoms with Crippen LogP contribution in [0.2, 0.25) is 0 Å². The lowest BCUT2D eigenvalue weighted by atomic mass is 10.1. The van der Waals surface area contributed by atoms with E-state index in [9.17, 15) is 0 Å². The predicted octanol–water partition coefficient (Wildman–Crippen LogP) is 12.6. The molecule has 0 N–H and O–H groups in total. The minimum absolute atomic E-state index is 1.12. The van der Waals surface area contributed by atoms with E-state index >= 15 is 0 Å². The average Bonchev–Trinajstić information content (AvgIpc) is 3.81. The molecule has 0 radical (unpaired) electrons. The second kappa shape index (κ2) is 10.7. The molecule has 0 aliphatic heterocycles. The van der Waals surface area contributed by atoms with Gasteiger partial charge in [-0.25, -0.2) is 0 Å². The number of aromatic nitrogens is 2. The van der Waals surface area contributed by atoms with Crippen LogP contribution in [0, 0.1) is 0 Å². The minimum atomic E-state index is 1.12. The number of hydrogen-bond donors (Lipinski definition) is 0. The van der Waals surface area contributed by atoms with E-state index in [1.165, 1.54) is 47.4 Å². The molecule has 7 aromatic carbocycles. The summed E-state index contributed by atoms with van der Waals surface area (Å²) in [6, 6.07) is 63.6. The van der Waals surface area contributed by atoms with Gasteiger partial charge in [-0.05, 0) is 72.8 Å². The molecule has 226 valence electrons. The normalized spacial score (nSPS) is 11.8. The van der Waals surface area contributed by atoms with Crippen molar-refractivity contribution in [3.8, 4) is 11.4 Å². The Kier molecular flexibility index (Phi) is 6.05. The third kappa shape index (κ3) is 4.00. The molecule has 10 aromatic rings. The molecule has 0 bridgehead atoms. The van der Waals surface area contributed by atoms with Gasteiger partial charge in [0.2, 0.25) is 0 Å². The number of rotatable bonds is 5. The Morgan fingerprint density at radius 3 is 1.79 bits per heavy atom.